The van der Waals surface area contributed by atoms with Crippen LogP contribution < -0.4 is 11.3 Å². The van der Waals surface area contributed by atoms with Crippen LogP contribution in [0.25, 0.3) is 0 Å². The number of hydrogen-bond donors (Lipinski definition) is 2. The van der Waals surface area contributed by atoms with Gasteiger partial charge in [-0.2, -0.15) is 0 Å². The molecule has 2 rings (SSSR count). The molecule has 15 heavy (non-hydrogen) atoms. The highest BCUT2D eigenvalue weighted by atomic mass is 79.9. The van der Waals surface area contributed by atoms with E-state index >= 15 is 0 Å². The number of rotatable bonds is 4. The average molecular weight is 271 g/mol. The minimum absolute atomic E-state index is 0.0238. The molecule has 3 N–H and O–H groups in total. The number of hydrogen-bond acceptors (Lipinski definition) is 4. The van der Waals surface area contributed by atoms with Crippen LogP contribution in [0.4, 0.5) is 0 Å². The zero-order valence-electron chi connectivity index (χ0n) is 7.94. The van der Waals surface area contributed by atoms with Crippen LogP contribution in [0.15, 0.2) is 44.2 Å². The second kappa shape index (κ2) is 4.65. The van der Waals surface area contributed by atoms with E-state index < -0.39 is 0 Å². The Hall–Kier alpha value is -1.04. The number of halogens is 1. The van der Waals surface area contributed by atoms with E-state index in [1.165, 1.54) is 0 Å². The molecule has 0 radical (unpaired) electrons. The maximum atomic E-state index is 5.50. The molecule has 0 aliphatic heterocycles. The summed E-state index contributed by atoms with van der Waals surface area (Å²) in [5.74, 6) is 6.38. The minimum atomic E-state index is -0.0238. The molecule has 1 unspecified atom stereocenters. The Morgan fingerprint density at radius 1 is 1.33 bits per heavy atom. The monoisotopic (exact) mass is 270 g/mol. The van der Waals surface area contributed by atoms with Crippen molar-refractivity contribution in [3.63, 3.8) is 0 Å². The van der Waals surface area contributed by atoms with Crippen LogP contribution in [0, 0.1) is 0 Å². The number of nitrogens with one attached hydrogen (secondary N) is 1. The van der Waals surface area contributed by atoms with Crippen molar-refractivity contribution in [1.29, 1.82) is 0 Å². The fraction of sp³-hybridized carbons (Fsp3) is 0.200. The van der Waals surface area contributed by atoms with Gasteiger partial charge in [0.25, 0.3) is 0 Å². The number of furan rings is 2. The topological polar surface area (TPSA) is 64.3 Å². The van der Waals surface area contributed by atoms with E-state index in [0.29, 0.717) is 11.1 Å². The third-order valence-corrected chi connectivity index (χ3v) is 2.85. The first-order valence-corrected chi connectivity index (χ1v) is 5.32. The largest absolute Gasteiger partial charge is 0.469 e. The molecule has 2 aromatic rings. The molecule has 0 aromatic carbocycles. The second-order valence-corrected chi connectivity index (χ2v) is 3.87. The molecule has 1 atom stereocenters. The van der Waals surface area contributed by atoms with Crippen molar-refractivity contribution in [2.75, 3.05) is 0 Å². The summed E-state index contributed by atoms with van der Waals surface area (Å²) < 4.78 is 11.1. The van der Waals surface area contributed by atoms with Crippen LogP contribution >= 0.6 is 15.9 Å². The van der Waals surface area contributed by atoms with Crippen molar-refractivity contribution >= 4 is 15.9 Å². The quantitative estimate of drug-likeness (QED) is 0.662. The Labute approximate surface area is 95.5 Å². The summed E-state index contributed by atoms with van der Waals surface area (Å²) in [6.45, 7) is 0. The third-order valence-electron chi connectivity index (χ3n) is 2.21. The molecule has 0 saturated carbocycles. The molecule has 0 spiro atoms. The van der Waals surface area contributed by atoms with E-state index in [2.05, 4.69) is 21.4 Å². The molecular weight excluding hydrogens is 260 g/mol. The van der Waals surface area contributed by atoms with Crippen molar-refractivity contribution in [2.24, 2.45) is 5.84 Å². The Morgan fingerprint density at radius 2 is 2.20 bits per heavy atom. The lowest BCUT2D eigenvalue weighted by molar-refractivity contribution is 0.448. The van der Waals surface area contributed by atoms with Crippen LogP contribution in [0.1, 0.15) is 17.4 Å². The van der Waals surface area contributed by atoms with E-state index in [-0.39, 0.29) is 6.04 Å². The molecule has 2 aromatic heterocycles. The van der Waals surface area contributed by atoms with E-state index in [1.807, 2.05) is 18.2 Å². The molecule has 0 amide bonds. The van der Waals surface area contributed by atoms with Gasteiger partial charge in [-0.3, -0.25) is 11.3 Å². The van der Waals surface area contributed by atoms with Gasteiger partial charge in [-0.05, 0) is 34.1 Å². The lowest BCUT2D eigenvalue weighted by Gasteiger charge is -2.12. The molecule has 2 heterocycles. The molecule has 5 heteroatoms. The van der Waals surface area contributed by atoms with E-state index in [0.717, 1.165) is 11.3 Å². The summed E-state index contributed by atoms with van der Waals surface area (Å²) in [5, 5.41) is 0. The van der Waals surface area contributed by atoms with Crippen molar-refractivity contribution in [3.8, 4) is 0 Å². The Morgan fingerprint density at radius 3 is 2.73 bits per heavy atom. The van der Waals surface area contributed by atoms with Crippen molar-refractivity contribution in [1.82, 2.24) is 5.43 Å². The molecule has 4 nitrogen and oxygen atoms in total. The van der Waals surface area contributed by atoms with Crippen molar-refractivity contribution in [3.05, 3.63) is 46.7 Å². The van der Waals surface area contributed by atoms with Crippen LogP contribution in [-0.4, -0.2) is 0 Å². The minimum Gasteiger partial charge on any atom is -0.469 e. The van der Waals surface area contributed by atoms with E-state index in [9.17, 15) is 0 Å². The zero-order valence-corrected chi connectivity index (χ0v) is 9.53. The first kappa shape index (κ1) is 10.5. The van der Waals surface area contributed by atoms with Gasteiger partial charge in [-0.25, -0.2) is 0 Å². The van der Waals surface area contributed by atoms with Gasteiger partial charge in [0, 0.05) is 12.0 Å². The van der Waals surface area contributed by atoms with E-state index in [4.69, 9.17) is 14.7 Å². The first-order valence-electron chi connectivity index (χ1n) is 4.52. The van der Waals surface area contributed by atoms with Gasteiger partial charge in [-0.15, -0.1) is 0 Å². The number of nitrogens with two attached hydrogens (primary N) is 1. The highest BCUT2D eigenvalue weighted by molar-refractivity contribution is 9.10. The van der Waals surface area contributed by atoms with Gasteiger partial charge in [0.2, 0.25) is 0 Å². The Bertz CT molecular complexity index is 411. The lowest BCUT2D eigenvalue weighted by atomic mass is 10.1. The van der Waals surface area contributed by atoms with Gasteiger partial charge < -0.3 is 8.83 Å². The van der Waals surface area contributed by atoms with Crippen LogP contribution in [-0.2, 0) is 6.42 Å². The molecule has 0 fully saturated rings. The molecular formula is C10H11BrN2O2. The van der Waals surface area contributed by atoms with Gasteiger partial charge in [0.05, 0.1) is 18.6 Å². The van der Waals surface area contributed by atoms with Crippen molar-refractivity contribution in [2.45, 2.75) is 12.5 Å². The fourth-order valence-electron chi connectivity index (χ4n) is 1.44. The Balaban J connectivity index is 2.15. The summed E-state index contributed by atoms with van der Waals surface area (Å²) in [7, 11) is 0. The summed E-state index contributed by atoms with van der Waals surface area (Å²) in [5.41, 5.74) is 3.71. The van der Waals surface area contributed by atoms with Gasteiger partial charge in [0.15, 0.2) is 4.67 Å². The predicted molar refractivity (Wildman–Crippen MR) is 58.9 cm³/mol. The molecule has 0 saturated heterocycles. The number of hydrazine groups is 1. The predicted octanol–water partition coefficient (Wildman–Crippen LogP) is 2.38. The SMILES string of the molecule is NNC(Cc1ccco1)c1ccoc1Br. The lowest BCUT2D eigenvalue weighted by Crippen LogP contribution is -2.29. The molecule has 0 aliphatic rings. The summed E-state index contributed by atoms with van der Waals surface area (Å²) in [6, 6.07) is 5.62. The van der Waals surface area contributed by atoms with Crippen molar-refractivity contribution < 1.29 is 8.83 Å². The third kappa shape index (κ3) is 2.31. The summed E-state index contributed by atoms with van der Waals surface area (Å²) in [6.07, 6.45) is 3.95. The standard InChI is InChI=1S/C10H11BrN2O2/c11-10-8(3-5-15-10)9(13-12)6-7-2-1-4-14-7/h1-5,9,13H,6,12H2. The smallest absolute Gasteiger partial charge is 0.173 e. The van der Waals surface area contributed by atoms with Gasteiger partial charge >= 0.3 is 0 Å². The van der Waals surface area contributed by atoms with Crippen LogP contribution in [0.3, 0.4) is 0 Å². The molecule has 0 aliphatic carbocycles. The maximum absolute atomic E-state index is 5.50. The first-order chi connectivity index (χ1) is 7.31. The summed E-state index contributed by atoms with van der Waals surface area (Å²) >= 11 is 3.32. The van der Waals surface area contributed by atoms with Gasteiger partial charge in [-0.1, -0.05) is 0 Å². The summed E-state index contributed by atoms with van der Waals surface area (Å²) in [4.78, 5) is 0. The van der Waals surface area contributed by atoms with Crippen LogP contribution in [0.2, 0.25) is 0 Å². The normalized spacial score (nSPS) is 12.9. The highest BCUT2D eigenvalue weighted by Gasteiger charge is 2.16. The molecule has 80 valence electrons. The molecule has 0 bridgehead atoms. The van der Waals surface area contributed by atoms with Gasteiger partial charge in [0.1, 0.15) is 5.76 Å². The highest BCUT2D eigenvalue weighted by Crippen LogP contribution is 2.26. The van der Waals surface area contributed by atoms with Crippen LogP contribution in [0.5, 0.6) is 0 Å². The van der Waals surface area contributed by atoms with E-state index in [1.54, 1.807) is 12.5 Å². The maximum Gasteiger partial charge on any atom is 0.173 e. The zero-order chi connectivity index (χ0) is 10.7. The fourth-order valence-corrected chi connectivity index (χ4v) is 1.96. The second-order valence-electron chi connectivity index (χ2n) is 3.15. The Kier molecular flexibility index (Phi) is 3.25. The average Bonchev–Trinajstić information content (AvgIpc) is 2.85.